The molecule has 0 fully saturated rings. The summed E-state index contributed by atoms with van der Waals surface area (Å²) in [7, 11) is 0. The van der Waals surface area contributed by atoms with Crippen LogP contribution >= 0.6 is 0 Å². The second kappa shape index (κ2) is 9.83. The number of nitrogens with two attached hydrogens (primary N) is 1. The molecule has 7 N–H and O–H groups in total. The number of rotatable bonds is 10. The lowest BCUT2D eigenvalue weighted by atomic mass is 10.0. The van der Waals surface area contributed by atoms with Crippen LogP contribution in [0.15, 0.2) is 0 Å². The molecule has 0 aromatic heterocycles. The maximum atomic E-state index is 12.1. The molecule has 0 aliphatic carbocycles. The summed E-state index contributed by atoms with van der Waals surface area (Å²) in [6.45, 7) is 4.65. The molecule has 0 heterocycles. The number of aliphatic carboxylic acids is 2. The van der Waals surface area contributed by atoms with Gasteiger partial charge in [-0.1, -0.05) is 13.8 Å². The van der Waals surface area contributed by atoms with Crippen molar-refractivity contribution in [2.45, 2.75) is 57.8 Å². The Bertz CT molecular complexity index is 479. The highest BCUT2D eigenvalue weighted by Gasteiger charge is 2.31. The summed E-state index contributed by atoms with van der Waals surface area (Å²) in [6.07, 6.45) is -2.09. The fourth-order valence-corrected chi connectivity index (χ4v) is 1.74. The van der Waals surface area contributed by atoms with Crippen molar-refractivity contribution in [3.05, 3.63) is 0 Å². The van der Waals surface area contributed by atoms with Gasteiger partial charge in [-0.05, 0) is 19.3 Å². The van der Waals surface area contributed by atoms with Crippen molar-refractivity contribution in [1.82, 2.24) is 10.6 Å². The van der Waals surface area contributed by atoms with Crippen molar-refractivity contribution in [3.63, 3.8) is 0 Å². The van der Waals surface area contributed by atoms with E-state index in [4.69, 9.17) is 15.9 Å². The molecule has 2 amide bonds. The van der Waals surface area contributed by atoms with E-state index in [1.165, 1.54) is 6.92 Å². The van der Waals surface area contributed by atoms with Gasteiger partial charge in [-0.25, -0.2) is 4.79 Å². The maximum Gasteiger partial charge on any atom is 0.326 e. The maximum absolute atomic E-state index is 12.1. The van der Waals surface area contributed by atoms with Crippen molar-refractivity contribution >= 4 is 23.8 Å². The van der Waals surface area contributed by atoms with Gasteiger partial charge in [0.05, 0.1) is 12.1 Å². The molecule has 0 aliphatic heterocycles. The lowest BCUT2D eigenvalue weighted by Gasteiger charge is -2.25. The quantitative estimate of drug-likeness (QED) is 0.270. The Morgan fingerprint density at radius 2 is 1.54 bits per heavy atom. The number of hydrogen-bond acceptors (Lipinski definition) is 6. The van der Waals surface area contributed by atoms with Crippen LogP contribution < -0.4 is 16.4 Å². The Hall–Kier alpha value is -2.20. The first kappa shape index (κ1) is 21.8. The van der Waals surface area contributed by atoms with Gasteiger partial charge >= 0.3 is 11.9 Å². The number of aliphatic hydroxyl groups excluding tert-OH is 1. The highest BCUT2D eigenvalue weighted by atomic mass is 16.4. The standard InChI is InChI=1S/C14H25N3O7/c1-6(2)10(15)12(21)17-11(7(3)18)13(22)16-8(14(23)24)4-5-9(19)20/h6-8,10-11,18H,4-5,15H2,1-3H3,(H,16,22)(H,17,21)(H,19,20)(H,23,24)/t7-,8+,10+,11+/m1/s1. The second-order valence-electron chi connectivity index (χ2n) is 5.83. The average molecular weight is 347 g/mol. The van der Waals surface area contributed by atoms with E-state index in [9.17, 15) is 24.3 Å². The average Bonchev–Trinajstić information content (AvgIpc) is 2.46. The Morgan fingerprint density at radius 1 is 1.00 bits per heavy atom. The van der Waals surface area contributed by atoms with Crippen LogP contribution in [0.25, 0.3) is 0 Å². The number of carbonyl (C=O) groups is 4. The molecule has 138 valence electrons. The van der Waals surface area contributed by atoms with E-state index in [1.54, 1.807) is 13.8 Å². The molecule has 10 heteroatoms. The number of carboxylic acid groups (broad SMARTS) is 2. The number of carboxylic acids is 2. The predicted molar refractivity (Wildman–Crippen MR) is 82.9 cm³/mol. The zero-order valence-electron chi connectivity index (χ0n) is 13.9. The molecule has 4 atom stereocenters. The Morgan fingerprint density at radius 3 is 1.92 bits per heavy atom. The topological polar surface area (TPSA) is 179 Å². The molecule has 0 rings (SSSR count). The van der Waals surface area contributed by atoms with E-state index < -0.39 is 54.4 Å². The molecule has 24 heavy (non-hydrogen) atoms. The van der Waals surface area contributed by atoms with E-state index in [1.807, 2.05) is 0 Å². The number of amides is 2. The van der Waals surface area contributed by atoms with Crippen molar-refractivity contribution in [2.24, 2.45) is 11.7 Å². The van der Waals surface area contributed by atoms with E-state index in [0.717, 1.165) is 0 Å². The number of aliphatic hydroxyl groups is 1. The molecule has 0 aliphatic rings. The van der Waals surface area contributed by atoms with Crippen molar-refractivity contribution in [1.29, 1.82) is 0 Å². The summed E-state index contributed by atoms with van der Waals surface area (Å²) in [5, 5.41) is 31.7. The van der Waals surface area contributed by atoms with Crippen LogP contribution in [0.4, 0.5) is 0 Å². The molecule has 0 saturated heterocycles. The molecule has 0 aromatic rings. The van der Waals surface area contributed by atoms with Crippen LogP contribution in [0.5, 0.6) is 0 Å². The normalized spacial score (nSPS) is 15.9. The number of carbonyl (C=O) groups excluding carboxylic acids is 2. The Labute approximate surface area is 139 Å². The summed E-state index contributed by atoms with van der Waals surface area (Å²) in [5.74, 6) is -4.43. The largest absolute Gasteiger partial charge is 0.481 e. The van der Waals surface area contributed by atoms with Crippen LogP contribution in [0.1, 0.15) is 33.6 Å². The third kappa shape index (κ3) is 7.38. The summed E-state index contributed by atoms with van der Waals surface area (Å²) in [6, 6.07) is -3.76. The highest BCUT2D eigenvalue weighted by molar-refractivity contribution is 5.92. The third-order valence-electron chi connectivity index (χ3n) is 3.35. The van der Waals surface area contributed by atoms with Crippen molar-refractivity contribution in [2.75, 3.05) is 0 Å². The zero-order valence-corrected chi connectivity index (χ0v) is 13.9. The van der Waals surface area contributed by atoms with E-state index in [-0.39, 0.29) is 12.3 Å². The van der Waals surface area contributed by atoms with E-state index in [0.29, 0.717) is 0 Å². The van der Waals surface area contributed by atoms with Gasteiger partial charge in [0.25, 0.3) is 0 Å². The van der Waals surface area contributed by atoms with Crippen LogP contribution in [-0.4, -0.2) is 63.3 Å². The fourth-order valence-electron chi connectivity index (χ4n) is 1.74. The minimum Gasteiger partial charge on any atom is -0.481 e. The monoisotopic (exact) mass is 347 g/mol. The minimum absolute atomic E-state index is 0.204. The first-order valence-electron chi connectivity index (χ1n) is 7.46. The van der Waals surface area contributed by atoms with Crippen LogP contribution in [0, 0.1) is 5.92 Å². The first-order valence-corrected chi connectivity index (χ1v) is 7.46. The van der Waals surface area contributed by atoms with Gasteiger partial charge in [0.2, 0.25) is 11.8 Å². The molecule has 10 nitrogen and oxygen atoms in total. The molecule has 0 aromatic carbocycles. The molecule has 0 unspecified atom stereocenters. The van der Waals surface area contributed by atoms with Gasteiger partial charge in [-0.3, -0.25) is 14.4 Å². The first-order chi connectivity index (χ1) is 11.0. The van der Waals surface area contributed by atoms with E-state index >= 15 is 0 Å². The lowest BCUT2D eigenvalue weighted by molar-refractivity contribution is -0.144. The second-order valence-corrected chi connectivity index (χ2v) is 5.83. The summed E-state index contributed by atoms with van der Waals surface area (Å²) >= 11 is 0. The van der Waals surface area contributed by atoms with Crippen LogP contribution in [0.2, 0.25) is 0 Å². The van der Waals surface area contributed by atoms with E-state index in [2.05, 4.69) is 10.6 Å². The number of nitrogens with one attached hydrogen (secondary N) is 2. The summed E-state index contributed by atoms with van der Waals surface area (Å²) in [4.78, 5) is 45.7. The highest BCUT2D eigenvalue weighted by Crippen LogP contribution is 2.03. The van der Waals surface area contributed by atoms with Gasteiger partial charge in [0.1, 0.15) is 12.1 Å². The van der Waals surface area contributed by atoms with Gasteiger partial charge in [0.15, 0.2) is 0 Å². The van der Waals surface area contributed by atoms with Gasteiger partial charge < -0.3 is 31.7 Å². The summed E-state index contributed by atoms with van der Waals surface area (Å²) in [5.41, 5.74) is 5.65. The van der Waals surface area contributed by atoms with Gasteiger partial charge in [0, 0.05) is 6.42 Å². The number of hydrogen-bond donors (Lipinski definition) is 6. The van der Waals surface area contributed by atoms with Crippen molar-refractivity contribution < 1.29 is 34.5 Å². The predicted octanol–water partition coefficient (Wildman–Crippen LogP) is -1.73. The van der Waals surface area contributed by atoms with Crippen LogP contribution in [-0.2, 0) is 19.2 Å². The van der Waals surface area contributed by atoms with Gasteiger partial charge in [-0.2, -0.15) is 0 Å². The van der Waals surface area contributed by atoms with Crippen LogP contribution in [0.3, 0.4) is 0 Å². The van der Waals surface area contributed by atoms with Crippen molar-refractivity contribution in [3.8, 4) is 0 Å². The zero-order chi connectivity index (χ0) is 19.0. The van der Waals surface area contributed by atoms with Gasteiger partial charge in [-0.15, -0.1) is 0 Å². The molecule has 0 radical (unpaired) electrons. The summed E-state index contributed by atoms with van der Waals surface area (Å²) < 4.78 is 0. The third-order valence-corrected chi connectivity index (χ3v) is 3.35. The molecule has 0 saturated carbocycles. The fraction of sp³-hybridized carbons (Fsp3) is 0.714. The minimum atomic E-state index is -1.45. The lowest BCUT2D eigenvalue weighted by Crippen LogP contribution is -2.58. The SMILES string of the molecule is CC(C)[C@H](N)C(=O)N[C@H](C(=O)N[C@@H](CCC(=O)O)C(=O)O)[C@@H](C)O. The Kier molecular flexibility index (Phi) is 8.93. The Balaban J connectivity index is 4.97. The molecular formula is C14H25N3O7. The molecule has 0 spiro atoms. The molecular weight excluding hydrogens is 322 g/mol. The smallest absolute Gasteiger partial charge is 0.326 e. The molecule has 0 bridgehead atoms.